The third kappa shape index (κ3) is 2.03. The van der Waals surface area contributed by atoms with Crippen molar-refractivity contribution >= 4 is 22.7 Å². The first-order valence-electron chi connectivity index (χ1n) is 6.64. The average molecular weight is 250 g/mol. The van der Waals surface area contributed by atoms with E-state index in [1.807, 2.05) is 0 Å². The van der Waals surface area contributed by atoms with E-state index >= 15 is 0 Å². The predicted molar refractivity (Wildman–Crippen MR) is 81.5 cm³/mol. The maximum absolute atomic E-state index is 7.15. The van der Waals surface area contributed by atoms with Crippen molar-refractivity contribution in [3.63, 3.8) is 0 Å². The lowest BCUT2D eigenvalue weighted by Gasteiger charge is -2.15. The Hall–Kier alpha value is -2.09. The molecule has 0 spiro atoms. The van der Waals surface area contributed by atoms with E-state index in [4.69, 9.17) is 11.1 Å². The maximum atomic E-state index is 7.15. The van der Waals surface area contributed by atoms with Crippen molar-refractivity contribution in [3.8, 4) is 0 Å². The third-order valence-electron chi connectivity index (χ3n) is 4.11. The summed E-state index contributed by atoms with van der Waals surface area (Å²) >= 11 is 0. The molecule has 0 saturated heterocycles. The normalized spacial score (nSPS) is 17.4. The van der Waals surface area contributed by atoms with E-state index in [0.29, 0.717) is 11.1 Å². The molecule has 2 heteroatoms. The summed E-state index contributed by atoms with van der Waals surface area (Å²) in [5, 5.41) is 9.71. The number of rotatable bonds is 3. The molecule has 0 amide bonds. The topological polar surface area (TPSA) is 49.9 Å². The molecule has 3 rings (SSSR count). The van der Waals surface area contributed by atoms with Gasteiger partial charge in [-0.05, 0) is 58.4 Å². The molecule has 1 saturated carbocycles. The van der Waals surface area contributed by atoms with E-state index in [0.717, 1.165) is 5.56 Å². The lowest BCUT2D eigenvalue weighted by Crippen LogP contribution is -2.04. The van der Waals surface area contributed by atoms with Crippen molar-refractivity contribution in [2.45, 2.75) is 25.2 Å². The molecule has 1 fully saturated rings. The SMILES string of the molecule is CC1(c2cc(/C(N)=C/C=N)cc3ccccc23)CC1. The largest absolute Gasteiger partial charge is 0.398 e. The van der Waals surface area contributed by atoms with Crippen LogP contribution < -0.4 is 5.73 Å². The first-order valence-corrected chi connectivity index (χ1v) is 6.64. The van der Waals surface area contributed by atoms with Gasteiger partial charge in [-0.1, -0.05) is 31.2 Å². The van der Waals surface area contributed by atoms with Crippen LogP contribution in [-0.2, 0) is 5.41 Å². The zero-order chi connectivity index (χ0) is 13.5. The number of benzene rings is 2. The van der Waals surface area contributed by atoms with E-state index in [-0.39, 0.29) is 0 Å². The molecule has 96 valence electrons. The van der Waals surface area contributed by atoms with E-state index in [2.05, 4.69) is 43.3 Å². The summed E-state index contributed by atoms with van der Waals surface area (Å²) in [6.45, 7) is 2.31. The summed E-state index contributed by atoms with van der Waals surface area (Å²) < 4.78 is 0. The van der Waals surface area contributed by atoms with Gasteiger partial charge in [0.15, 0.2) is 0 Å². The molecule has 0 bridgehead atoms. The Balaban J connectivity index is 2.27. The summed E-state index contributed by atoms with van der Waals surface area (Å²) in [4.78, 5) is 0. The molecular formula is C17H18N2. The van der Waals surface area contributed by atoms with Crippen molar-refractivity contribution in [1.29, 1.82) is 5.41 Å². The maximum Gasteiger partial charge on any atom is 0.0403 e. The molecule has 1 aliphatic carbocycles. The van der Waals surface area contributed by atoms with Crippen molar-refractivity contribution in [3.05, 3.63) is 53.6 Å². The molecule has 0 aliphatic heterocycles. The highest BCUT2D eigenvalue weighted by molar-refractivity contribution is 5.92. The smallest absolute Gasteiger partial charge is 0.0403 e. The molecule has 1 aliphatic rings. The summed E-state index contributed by atoms with van der Waals surface area (Å²) in [5.41, 5.74) is 9.41. The van der Waals surface area contributed by atoms with Crippen molar-refractivity contribution in [2.24, 2.45) is 5.73 Å². The minimum atomic E-state index is 0.306. The number of nitrogens with one attached hydrogen (secondary N) is 1. The Kier molecular flexibility index (Phi) is 2.67. The van der Waals surface area contributed by atoms with Crippen LogP contribution in [0.5, 0.6) is 0 Å². The van der Waals surface area contributed by atoms with Gasteiger partial charge in [0, 0.05) is 11.9 Å². The fourth-order valence-electron chi connectivity index (χ4n) is 2.62. The standard InChI is InChI=1S/C17H18N2/c1-17(7-8-17)15-11-13(16(19)6-9-18)10-12-4-2-3-5-14(12)15/h2-6,9-11,18H,7-8,19H2,1H3/b16-6-,18-9?. The van der Waals surface area contributed by atoms with Gasteiger partial charge in [0.25, 0.3) is 0 Å². The number of allylic oxidation sites excluding steroid dienone is 1. The average Bonchev–Trinajstić information content (AvgIpc) is 3.17. The zero-order valence-electron chi connectivity index (χ0n) is 11.1. The first-order chi connectivity index (χ1) is 9.14. The summed E-state index contributed by atoms with van der Waals surface area (Å²) in [5.74, 6) is 0. The van der Waals surface area contributed by atoms with Crippen LogP contribution in [0.1, 0.15) is 30.9 Å². The Labute approximate surface area is 113 Å². The van der Waals surface area contributed by atoms with Gasteiger partial charge in [0.05, 0.1) is 0 Å². The highest BCUT2D eigenvalue weighted by Gasteiger charge is 2.40. The summed E-state index contributed by atoms with van der Waals surface area (Å²) in [6, 6.07) is 12.8. The van der Waals surface area contributed by atoms with E-state index in [1.165, 1.54) is 35.4 Å². The molecule has 2 aromatic carbocycles. The van der Waals surface area contributed by atoms with Crippen LogP contribution in [0, 0.1) is 5.41 Å². The van der Waals surface area contributed by atoms with Gasteiger partial charge in [-0.25, -0.2) is 0 Å². The highest BCUT2D eigenvalue weighted by Crippen LogP contribution is 2.50. The highest BCUT2D eigenvalue weighted by atomic mass is 14.6. The number of fused-ring (bicyclic) bond motifs is 1. The van der Waals surface area contributed by atoms with E-state index in [9.17, 15) is 0 Å². The molecule has 2 nitrogen and oxygen atoms in total. The van der Waals surface area contributed by atoms with Crippen molar-refractivity contribution in [2.75, 3.05) is 0 Å². The lowest BCUT2D eigenvalue weighted by molar-refractivity contribution is 0.796. The Morgan fingerprint density at radius 2 is 2.00 bits per heavy atom. The van der Waals surface area contributed by atoms with Crippen LogP contribution in [0.4, 0.5) is 0 Å². The fraction of sp³-hybridized carbons (Fsp3) is 0.235. The van der Waals surface area contributed by atoms with Gasteiger partial charge in [-0.2, -0.15) is 0 Å². The molecule has 3 N–H and O–H groups in total. The summed E-state index contributed by atoms with van der Waals surface area (Å²) in [6.07, 6.45) is 5.37. The molecule has 0 heterocycles. The number of hydrogen-bond acceptors (Lipinski definition) is 2. The quantitative estimate of drug-likeness (QED) is 0.799. The Bertz CT molecular complexity index is 679. The van der Waals surface area contributed by atoms with Crippen LogP contribution in [0.15, 0.2) is 42.5 Å². The van der Waals surface area contributed by atoms with Gasteiger partial charge in [-0.15, -0.1) is 0 Å². The van der Waals surface area contributed by atoms with E-state index in [1.54, 1.807) is 6.08 Å². The van der Waals surface area contributed by atoms with Crippen molar-refractivity contribution < 1.29 is 0 Å². The molecule has 0 radical (unpaired) electrons. The second-order valence-corrected chi connectivity index (χ2v) is 5.59. The van der Waals surface area contributed by atoms with Gasteiger partial charge in [-0.3, -0.25) is 0 Å². The zero-order valence-corrected chi connectivity index (χ0v) is 11.1. The lowest BCUT2D eigenvalue weighted by atomic mass is 9.90. The van der Waals surface area contributed by atoms with Crippen LogP contribution in [-0.4, -0.2) is 6.21 Å². The Morgan fingerprint density at radius 1 is 1.26 bits per heavy atom. The van der Waals surface area contributed by atoms with Crippen LogP contribution >= 0.6 is 0 Å². The monoisotopic (exact) mass is 250 g/mol. The summed E-state index contributed by atoms with van der Waals surface area (Å²) in [7, 11) is 0. The van der Waals surface area contributed by atoms with Crippen LogP contribution in [0.3, 0.4) is 0 Å². The Morgan fingerprint density at radius 3 is 2.68 bits per heavy atom. The predicted octanol–water partition coefficient (Wildman–Crippen LogP) is 3.84. The van der Waals surface area contributed by atoms with Gasteiger partial charge >= 0.3 is 0 Å². The number of nitrogens with two attached hydrogens (primary N) is 1. The van der Waals surface area contributed by atoms with Crippen LogP contribution in [0.2, 0.25) is 0 Å². The molecule has 0 unspecified atom stereocenters. The molecule has 19 heavy (non-hydrogen) atoms. The number of hydrogen-bond donors (Lipinski definition) is 2. The van der Waals surface area contributed by atoms with Crippen molar-refractivity contribution in [1.82, 2.24) is 0 Å². The minimum Gasteiger partial charge on any atom is -0.398 e. The second-order valence-electron chi connectivity index (χ2n) is 5.59. The van der Waals surface area contributed by atoms with E-state index < -0.39 is 0 Å². The second kappa shape index (κ2) is 4.23. The molecule has 2 aromatic rings. The first kappa shape index (κ1) is 12.0. The third-order valence-corrected chi connectivity index (χ3v) is 4.11. The van der Waals surface area contributed by atoms with Gasteiger partial charge < -0.3 is 11.1 Å². The molecule has 0 aromatic heterocycles. The minimum absolute atomic E-state index is 0.306. The molecular weight excluding hydrogens is 232 g/mol. The van der Waals surface area contributed by atoms with Gasteiger partial charge in [0.2, 0.25) is 0 Å². The molecule has 0 atom stereocenters. The van der Waals surface area contributed by atoms with Crippen LogP contribution in [0.25, 0.3) is 16.5 Å². The van der Waals surface area contributed by atoms with Gasteiger partial charge in [0.1, 0.15) is 0 Å². The fourth-order valence-corrected chi connectivity index (χ4v) is 2.62.